The number of hydrogen-bond acceptors (Lipinski definition) is 4. The van der Waals surface area contributed by atoms with Gasteiger partial charge in [0, 0.05) is 19.1 Å². The molecule has 1 aromatic heterocycles. The molecule has 0 aliphatic carbocycles. The van der Waals surface area contributed by atoms with Crippen molar-refractivity contribution in [1.82, 2.24) is 15.2 Å². The van der Waals surface area contributed by atoms with Gasteiger partial charge in [-0.1, -0.05) is 43.3 Å². The maximum absolute atomic E-state index is 12.5. The zero-order chi connectivity index (χ0) is 18.4. The molecule has 26 heavy (non-hydrogen) atoms. The van der Waals surface area contributed by atoms with E-state index in [1.807, 2.05) is 55.5 Å². The van der Waals surface area contributed by atoms with E-state index >= 15 is 0 Å². The Labute approximate surface area is 152 Å². The van der Waals surface area contributed by atoms with Gasteiger partial charge < -0.3 is 10.1 Å². The van der Waals surface area contributed by atoms with Gasteiger partial charge in [-0.05, 0) is 23.3 Å². The molecule has 1 amide bonds. The van der Waals surface area contributed by atoms with E-state index in [9.17, 15) is 4.79 Å². The minimum atomic E-state index is -0.0849. The molecule has 0 bridgehead atoms. The number of aryl methyl sites for hydroxylation is 1. The predicted octanol–water partition coefficient (Wildman–Crippen LogP) is 3.36. The van der Waals surface area contributed by atoms with Crippen molar-refractivity contribution in [3.8, 4) is 11.4 Å². The Hall–Kier alpha value is -2.99. The second kappa shape index (κ2) is 8.40. The fourth-order valence-corrected chi connectivity index (χ4v) is 2.74. The van der Waals surface area contributed by atoms with E-state index in [1.54, 1.807) is 7.11 Å². The summed E-state index contributed by atoms with van der Waals surface area (Å²) in [6, 6.07) is 15.4. The van der Waals surface area contributed by atoms with Crippen LogP contribution in [-0.4, -0.2) is 28.2 Å². The summed E-state index contributed by atoms with van der Waals surface area (Å²) in [6.07, 6.45) is 1.07. The van der Waals surface area contributed by atoms with Crippen molar-refractivity contribution in [2.75, 3.05) is 12.4 Å². The first-order chi connectivity index (χ1) is 12.7. The van der Waals surface area contributed by atoms with E-state index < -0.39 is 0 Å². The third kappa shape index (κ3) is 4.34. The van der Waals surface area contributed by atoms with Crippen molar-refractivity contribution in [3.63, 3.8) is 0 Å². The van der Waals surface area contributed by atoms with Crippen molar-refractivity contribution in [2.45, 2.75) is 26.4 Å². The van der Waals surface area contributed by atoms with Crippen molar-refractivity contribution in [3.05, 3.63) is 65.5 Å². The highest BCUT2D eigenvalue weighted by atomic mass is 16.5. The van der Waals surface area contributed by atoms with Gasteiger partial charge in [-0.3, -0.25) is 9.89 Å². The molecule has 134 valence electrons. The van der Waals surface area contributed by atoms with Crippen molar-refractivity contribution in [1.29, 1.82) is 0 Å². The summed E-state index contributed by atoms with van der Waals surface area (Å²) in [7, 11) is 1.66. The van der Waals surface area contributed by atoms with Crippen LogP contribution in [-0.2, 0) is 29.0 Å². The van der Waals surface area contributed by atoms with Crippen LogP contribution in [0.1, 0.15) is 23.9 Å². The normalized spacial score (nSPS) is 10.7. The number of para-hydroxylation sites is 1. The van der Waals surface area contributed by atoms with Crippen LogP contribution in [0.3, 0.4) is 0 Å². The summed E-state index contributed by atoms with van der Waals surface area (Å²) >= 11 is 0. The molecule has 2 N–H and O–H groups in total. The van der Waals surface area contributed by atoms with Crippen LogP contribution in [0, 0.1) is 0 Å². The summed E-state index contributed by atoms with van der Waals surface area (Å²) in [5, 5.41) is 10.1. The lowest BCUT2D eigenvalue weighted by atomic mass is 10.1. The number of carbonyl (C=O) groups excluding carboxylic acids is 1. The van der Waals surface area contributed by atoms with Gasteiger partial charge >= 0.3 is 0 Å². The predicted molar refractivity (Wildman–Crippen MR) is 101 cm³/mol. The fraction of sp³-hybridized carbons (Fsp3) is 0.250. The van der Waals surface area contributed by atoms with Crippen molar-refractivity contribution >= 4 is 11.6 Å². The number of amides is 1. The minimum Gasteiger partial charge on any atom is -0.380 e. The molecule has 0 saturated heterocycles. The molecule has 0 spiro atoms. The lowest BCUT2D eigenvalue weighted by molar-refractivity contribution is -0.115. The number of aromatic nitrogens is 3. The largest absolute Gasteiger partial charge is 0.380 e. The third-order valence-corrected chi connectivity index (χ3v) is 3.98. The first-order valence-corrected chi connectivity index (χ1v) is 8.57. The van der Waals surface area contributed by atoms with E-state index in [0.29, 0.717) is 24.5 Å². The molecular formula is C20H22N4O2. The van der Waals surface area contributed by atoms with Crippen molar-refractivity contribution in [2.24, 2.45) is 0 Å². The smallest absolute Gasteiger partial charge is 0.228 e. The van der Waals surface area contributed by atoms with Gasteiger partial charge in [0.15, 0.2) is 5.82 Å². The highest BCUT2D eigenvalue weighted by Gasteiger charge is 2.12. The first-order valence-electron chi connectivity index (χ1n) is 8.57. The van der Waals surface area contributed by atoms with Crippen LogP contribution in [0.2, 0.25) is 0 Å². The van der Waals surface area contributed by atoms with Gasteiger partial charge in [-0.2, -0.15) is 5.10 Å². The Morgan fingerprint density at radius 2 is 1.96 bits per heavy atom. The number of ether oxygens (including phenoxy) is 1. The van der Waals surface area contributed by atoms with Gasteiger partial charge in [0.25, 0.3) is 0 Å². The molecule has 0 saturated carbocycles. The van der Waals surface area contributed by atoms with E-state index in [-0.39, 0.29) is 5.91 Å². The maximum atomic E-state index is 12.5. The van der Waals surface area contributed by atoms with Gasteiger partial charge in [0.2, 0.25) is 5.91 Å². The number of carbonyl (C=O) groups is 1. The molecule has 2 aromatic carbocycles. The molecule has 0 unspecified atom stereocenters. The fourth-order valence-electron chi connectivity index (χ4n) is 2.74. The quantitative estimate of drug-likeness (QED) is 0.685. The Balaban J connectivity index is 1.74. The summed E-state index contributed by atoms with van der Waals surface area (Å²) < 4.78 is 5.14. The van der Waals surface area contributed by atoms with E-state index in [2.05, 4.69) is 20.5 Å². The van der Waals surface area contributed by atoms with Crippen LogP contribution in [0.25, 0.3) is 11.4 Å². The van der Waals surface area contributed by atoms with Gasteiger partial charge in [0.1, 0.15) is 5.82 Å². The molecule has 1 heterocycles. The average Bonchev–Trinajstić information content (AvgIpc) is 3.12. The second-order valence-corrected chi connectivity index (χ2v) is 5.98. The number of rotatable bonds is 7. The Kier molecular flexibility index (Phi) is 5.76. The number of nitrogens with one attached hydrogen (secondary N) is 2. The van der Waals surface area contributed by atoms with E-state index in [1.165, 1.54) is 0 Å². The number of benzene rings is 2. The van der Waals surface area contributed by atoms with E-state index in [4.69, 9.17) is 4.74 Å². The van der Waals surface area contributed by atoms with Gasteiger partial charge in [-0.25, -0.2) is 4.98 Å². The highest BCUT2D eigenvalue weighted by molar-refractivity contribution is 5.95. The second-order valence-electron chi connectivity index (χ2n) is 5.98. The monoisotopic (exact) mass is 350 g/mol. The molecular weight excluding hydrogens is 328 g/mol. The lowest BCUT2D eigenvalue weighted by Crippen LogP contribution is -2.15. The SMILES string of the molecule is CCc1nc(-c2ccccc2NC(=O)Cc2cccc(COC)c2)n[nH]1. The third-order valence-electron chi connectivity index (χ3n) is 3.98. The molecule has 3 aromatic rings. The lowest BCUT2D eigenvalue weighted by Gasteiger charge is -2.09. The number of hydrogen-bond donors (Lipinski definition) is 2. The highest BCUT2D eigenvalue weighted by Crippen LogP contribution is 2.25. The average molecular weight is 350 g/mol. The molecule has 6 heteroatoms. The van der Waals surface area contributed by atoms with Crippen LogP contribution in [0.5, 0.6) is 0 Å². The summed E-state index contributed by atoms with van der Waals surface area (Å²) in [4.78, 5) is 17.0. The molecule has 3 rings (SSSR count). The first kappa shape index (κ1) is 17.8. The Morgan fingerprint density at radius 1 is 1.15 bits per heavy atom. The zero-order valence-corrected chi connectivity index (χ0v) is 15.0. The maximum Gasteiger partial charge on any atom is 0.228 e. The molecule has 0 aliphatic heterocycles. The Bertz CT molecular complexity index is 889. The van der Waals surface area contributed by atoms with Crippen molar-refractivity contribution < 1.29 is 9.53 Å². The Morgan fingerprint density at radius 3 is 2.73 bits per heavy atom. The minimum absolute atomic E-state index is 0.0849. The molecule has 0 fully saturated rings. The van der Waals surface area contributed by atoms with Gasteiger partial charge in [-0.15, -0.1) is 0 Å². The number of methoxy groups -OCH3 is 1. The number of nitrogens with zero attached hydrogens (tertiary/aromatic N) is 2. The van der Waals surface area contributed by atoms with Crippen LogP contribution in [0.4, 0.5) is 5.69 Å². The van der Waals surface area contributed by atoms with Crippen LogP contribution >= 0.6 is 0 Å². The van der Waals surface area contributed by atoms with E-state index in [0.717, 1.165) is 28.9 Å². The summed E-state index contributed by atoms with van der Waals surface area (Å²) in [5.74, 6) is 1.31. The number of anilines is 1. The molecule has 6 nitrogen and oxygen atoms in total. The topological polar surface area (TPSA) is 79.9 Å². The molecule has 0 aliphatic rings. The van der Waals surface area contributed by atoms with Crippen LogP contribution in [0.15, 0.2) is 48.5 Å². The molecule has 0 atom stereocenters. The number of H-pyrrole nitrogens is 1. The summed E-state index contributed by atoms with van der Waals surface area (Å²) in [6.45, 7) is 2.54. The summed E-state index contributed by atoms with van der Waals surface area (Å²) in [5.41, 5.74) is 3.49. The van der Waals surface area contributed by atoms with Crippen LogP contribution < -0.4 is 5.32 Å². The van der Waals surface area contributed by atoms with Gasteiger partial charge in [0.05, 0.1) is 18.7 Å². The molecule has 0 radical (unpaired) electrons. The standard InChI is InChI=1S/C20H22N4O2/c1-3-18-22-20(24-23-18)16-9-4-5-10-17(16)21-19(25)12-14-7-6-8-15(11-14)13-26-2/h4-11H,3,12-13H2,1-2H3,(H,21,25)(H,22,23,24). The number of aromatic amines is 1. The zero-order valence-electron chi connectivity index (χ0n) is 15.0.